The topological polar surface area (TPSA) is 114 Å². The maximum absolute atomic E-state index is 13.5. The fourth-order valence-corrected chi connectivity index (χ4v) is 6.63. The van der Waals surface area contributed by atoms with Gasteiger partial charge in [-0.25, -0.2) is 19.3 Å². The van der Waals surface area contributed by atoms with E-state index in [0.29, 0.717) is 34.2 Å². The third-order valence-electron chi connectivity index (χ3n) is 9.26. The summed E-state index contributed by atoms with van der Waals surface area (Å²) >= 11 is 0. The SMILES string of the molecule is C=CCn1c(=O)c2cnc(Nc3ccc(N4CCN(C)CC4)cc3)nc2n1-c1ccc2c(n1)C(O)(C1CC1)C1(CC1)O2. The Morgan fingerprint density at radius 2 is 1.86 bits per heavy atom. The molecule has 1 saturated heterocycles. The average molecular weight is 567 g/mol. The second-order valence-electron chi connectivity index (χ2n) is 12.0. The van der Waals surface area contributed by atoms with Crippen LogP contribution in [-0.4, -0.2) is 73.1 Å². The van der Waals surface area contributed by atoms with Gasteiger partial charge in [-0.3, -0.25) is 4.79 Å². The van der Waals surface area contributed by atoms with E-state index in [9.17, 15) is 9.90 Å². The van der Waals surface area contributed by atoms with Gasteiger partial charge in [0.05, 0.1) is 6.54 Å². The number of piperazine rings is 1. The number of hydrogen-bond acceptors (Lipinski definition) is 9. The lowest BCUT2D eigenvalue weighted by Crippen LogP contribution is -2.44. The van der Waals surface area contributed by atoms with Crippen molar-refractivity contribution in [3.05, 3.63) is 71.3 Å². The Labute approximate surface area is 243 Å². The van der Waals surface area contributed by atoms with Gasteiger partial charge in [-0.1, -0.05) is 6.08 Å². The van der Waals surface area contributed by atoms with Crippen LogP contribution in [0.25, 0.3) is 16.9 Å². The molecule has 2 aliphatic heterocycles. The van der Waals surface area contributed by atoms with Crippen molar-refractivity contribution in [1.82, 2.24) is 29.2 Å². The van der Waals surface area contributed by atoms with Crippen LogP contribution < -0.4 is 20.5 Å². The third-order valence-corrected chi connectivity index (χ3v) is 9.26. The number of aliphatic hydroxyl groups is 1. The van der Waals surface area contributed by atoms with Crippen molar-refractivity contribution in [2.24, 2.45) is 5.92 Å². The number of rotatable bonds is 7. The zero-order valence-corrected chi connectivity index (χ0v) is 23.7. The summed E-state index contributed by atoms with van der Waals surface area (Å²) in [6, 6.07) is 11.9. The zero-order valence-electron chi connectivity index (χ0n) is 23.7. The smallest absolute Gasteiger partial charge is 0.278 e. The molecule has 1 spiro atoms. The molecule has 3 aromatic heterocycles. The lowest BCUT2D eigenvalue weighted by Gasteiger charge is -2.34. The summed E-state index contributed by atoms with van der Waals surface area (Å²) in [6.07, 6.45) is 6.77. The molecule has 11 heteroatoms. The van der Waals surface area contributed by atoms with Gasteiger partial charge >= 0.3 is 0 Å². The van der Waals surface area contributed by atoms with E-state index in [0.717, 1.165) is 57.5 Å². The van der Waals surface area contributed by atoms with E-state index < -0.39 is 11.2 Å². The second-order valence-corrected chi connectivity index (χ2v) is 12.0. The highest BCUT2D eigenvalue weighted by atomic mass is 16.5. The summed E-state index contributed by atoms with van der Waals surface area (Å²) in [7, 11) is 2.15. The van der Waals surface area contributed by atoms with E-state index in [1.165, 1.54) is 5.69 Å². The van der Waals surface area contributed by atoms with Gasteiger partial charge in [0.2, 0.25) is 5.95 Å². The Hall–Kier alpha value is -4.22. The molecule has 8 rings (SSSR count). The van der Waals surface area contributed by atoms with Crippen LogP contribution in [0, 0.1) is 5.92 Å². The molecular formula is C31H34N8O3. The molecule has 216 valence electrons. The van der Waals surface area contributed by atoms with Crippen LogP contribution in [0.5, 0.6) is 5.75 Å². The van der Waals surface area contributed by atoms with Crippen LogP contribution in [-0.2, 0) is 12.1 Å². The zero-order chi connectivity index (χ0) is 28.6. The van der Waals surface area contributed by atoms with Crippen molar-refractivity contribution in [1.29, 1.82) is 0 Å². The van der Waals surface area contributed by atoms with Crippen LogP contribution in [0.2, 0.25) is 0 Å². The maximum Gasteiger partial charge on any atom is 0.278 e. The Bertz CT molecular complexity index is 1760. The molecule has 0 bridgehead atoms. The average Bonchev–Trinajstić information content (AvgIpc) is 3.93. The van der Waals surface area contributed by atoms with Crippen LogP contribution in [0.15, 0.2) is 60.0 Å². The Morgan fingerprint density at radius 3 is 2.55 bits per heavy atom. The van der Waals surface area contributed by atoms with E-state index in [-0.39, 0.29) is 18.0 Å². The number of fused-ring (bicyclic) bond motifs is 2. The number of ether oxygens (including phenoxy) is 1. The van der Waals surface area contributed by atoms with Gasteiger partial charge in [-0.05, 0) is 75.0 Å². The molecule has 11 nitrogen and oxygen atoms in total. The number of likely N-dealkylation sites (N-methyl/N-ethyl adjacent to an activating group) is 1. The number of nitrogens with one attached hydrogen (secondary N) is 1. The largest absolute Gasteiger partial charge is 0.482 e. The molecule has 3 fully saturated rings. The predicted molar refractivity (Wildman–Crippen MR) is 160 cm³/mol. The quantitative estimate of drug-likeness (QED) is 0.326. The molecule has 1 atom stereocenters. The maximum atomic E-state index is 13.5. The fourth-order valence-electron chi connectivity index (χ4n) is 6.63. The number of pyridine rings is 1. The summed E-state index contributed by atoms with van der Waals surface area (Å²) in [4.78, 5) is 32.4. The Balaban J connectivity index is 1.16. The first-order valence-electron chi connectivity index (χ1n) is 14.7. The summed E-state index contributed by atoms with van der Waals surface area (Å²) in [5.41, 5.74) is 1.12. The van der Waals surface area contributed by atoms with Crippen molar-refractivity contribution >= 4 is 28.4 Å². The van der Waals surface area contributed by atoms with Gasteiger partial charge in [0.15, 0.2) is 17.1 Å². The minimum atomic E-state index is -1.11. The van der Waals surface area contributed by atoms with Crippen LogP contribution >= 0.6 is 0 Å². The van der Waals surface area contributed by atoms with Crippen molar-refractivity contribution < 1.29 is 9.84 Å². The lowest BCUT2D eigenvalue weighted by molar-refractivity contribution is -0.0763. The van der Waals surface area contributed by atoms with Gasteiger partial charge in [-0.15, -0.1) is 6.58 Å². The van der Waals surface area contributed by atoms with E-state index in [2.05, 4.69) is 45.9 Å². The van der Waals surface area contributed by atoms with Crippen LogP contribution in [0.1, 0.15) is 31.4 Å². The monoisotopic (exact) mass is 566 g/mol. The van der Waals surface area contributed by atoms with Gasteiger partial charge in [0.25, 0.3) is 5.56 Å². The molecular weight excluding hydrogens is 532 g/mol. The summed E-state index contributed by atoms with van der Waals surface area (Å²) in [5, 5.41) is 15.6. The van der Waals surface area contributed by atoms with Gasteiger partial charge in [0.1, 0.15) is 22.4 Å². The first-order valence-corrected chi connectivity index (χ1v) is 14.7. The van der Waals surface area contributed by atoms with E-state index in [1.807, 2.05) is 24.3 Å². The Morgan fingerprint density at radius 1 is 1.10 bits per heavy atom. The number of allylic oxidation sites excluding steroid dienone is 1. The van der Waals surface area contributed by atoms with Gasteiger partial charge in [0, 0.05) is 43.8 Å². The first-order chi connectivity index (χ1) is 20.4. The molecule has 4 aliphatic rings. The van der Waals surface area contributed by atoms with E-state index >= 15 is 0 Å². The lowest BCUT2D eigenvalue weighted by atomic mass is 9.86. The molecule has 0 amide bonds. The van der Waals surface area contributed by atoms with Crippen molar-refractivity contribution in [3.8, 4) is 11.6 Å². The standard InChI is InChI=1S/C31H34N8O3/c1-3-14-38-28(40)23-19-32-29(33-21-6-8-22(9-7-21)37-17-15-36(2)16-18-37)35-27(23)39(38)25-11-10-24-26(34-25)31(41,20-4-5-20)30(42-24)12-13-30/h3,6-11,19-20,41H,1,4-5,12-18H2,2H3,(H,32,33,35). The molecule has 42 heavy (non-hydrogen) atoms. The van der Waals surface area contributed by atoms with Crippen molar-refractivity contribution in [3.63, 3.8) is 0 Å². The number of anilines is 3. The normalized spacial score (nSPS) is 22.8. The highest BCUT2D eigenvalue weighted by Gasteiger charge is 2.72. The molecule has 1 aromatic carbocycles. The van der Waals surface area contributed by atoms with E-state index in [4.69, 9.17) is 14.7 Å². The summed E-state index contributed by atoms with van der Waals surface area (Å²) < 4.78 is 9.53. The first kappa shape index (κ1) is 25.5. The second kappa shape index (κ2) is 9.14. The number of aromatic nitrogens is 5. The minimum absolute atomic E-state index is 0.140. The number of benzene rings is 1. The minimum Gasteiger partial charge on any atom is -0.482 e. The predicted octanol–water partition coefficient (Wildman–Crippen LogP) is 3.18. The summed E-state index contributed by atoms with van der Waals surface area (Å²) in [5.74, 6) is 1.62. The van der Waals surface area contributed by atoms with Gasteiger partial charge < -0.3 is 25.0 Å². The van der Waals surface area contributed by atoms with Crippen molar-refractivity contribution in [2.75, 3.05) is 43.4 Å². The molecule has 2 saturated carbocycles. The summed E-state index contributed by atoms with van der Waals surface area (Å²) in [6.45, 7) is 8.22. The number of nitrogens with zero attached hydrogens (tertiary/aromatic N) is 7. The molecule has 1 unspecified atom stereocenters. The highest BCUT2D eigenvalue weighted by molar-refractivity contribution is 5.77. The van der Waals surface area contributed by atoms with Crippen molar-refractivity contribution in [2.45, 2.75) is 43.4 Å². The van der Waals surface area contributed by atoms with E-state index in [1.54, 1.807) is 21.6 Å². The molecule has 2 N–H and O–H groups in total. The van der Waals surface area contributed by atoms with Crippen LogP contribution in [0.4, 0.5) is 17.3 Å². The molecule has 0 radical (unpaired) electrons. The molecule has 5 heterocycles. The van der Waals surface area contributed by atoms with Gasteiger partial charge in [-0.2, -0.15) is 4.98 Å². The van der Waals surface area contributed by atoms with Crippen LogP contribution in [0.3, 0.4) is 0 Å². The molecule has 4 aromatic rings. The Kier molecular flexibility index (Phi) is 5.55. The fraction of sp³-hybridized carbons (Fsp3) is 0.419. The third kappa shape index (κ3) is 3.80. The molecule has 2 aliphatic carbocycles. The highest BCUT2D eigenvalue weighted by Crippen LogP contribution is 2.66. The number of hydrogen-bond donors (Lipinski definition) is 2.